The summed E-state index contributed by atoms with van der Waals surface area (Å²) in [6, 6.07) is 26.0. The quantitative estimate of drug-likeness (QED) is 0.0787. The molecule has 0 amide bonds. The first-order valence-electron chi connectivity index (χ1n) is 17.0. The van der Waals surface area contributed by atoms with E-state index >= 15 is 0 Å². The highest BCUT2D eigenvalue weighted by Gasteiger charge is 2.24. The lowest BCUT2D eigenvalue weighted by molar-refractivity contribution is -0.0799. The van der Waals surface area contributed by atoms with Crippen molar-refractivity contribution < 1.29 is 28.4 Å². The van der Waals surface area contributed by atoms with Crippen LogP contribution in [0.25, 0.3) is 33.4 Å². The third-order valence-corrected chi connectivity index (χ3v) is 8.66. The number of ether oxygens (including phenoxy) is 6. The Morgan fingerprint density at radius 1 is 0.673 bits per heavy atom. The number of epoxide rings is 1. The van der Waals surface area contributed by atoms with Gasteiger partial charge in [-0.2, -0.15) is 0 Å². The molecule has 2 unspecified atom stereocenters. The summed E-state index contributed by atoms with van der Waals surface area (Å²) in [6.07, 6.45) is 8.04. The summed E-state index contributed by atoms with van der Waals surface area (Å²) in [5, 5.41) is 0. The van der Waals surface area contributed by atoms with Gasteiger partial charge in [-0.25, -0.2) is 0 Å². The molecule has 0 bridgehead atoms. The van der Waals surface area contributed by atoms with Gasteiger partial charge >= 0.3 is 0 Å². The lowest BCUT2D eigenvalue weighted by atomic mass is 9.91. The van der Waals surface area contributed by atoms with Crippen LogP contribution in [0.15, 0.2) is 111 Å². The maximum atomic E-state index is 6.26. The highest BCUT2D eigenvalue weighted by atomic mass is 16.6. The van der Waals surface area contributed by atoms with Gasteiger partial charge in [0.25, 0.3) is 0 Å². The monoisotopic (exact) mass is 658 g/mol. The van der Waals surface area contributed by atoms with E-state index in [0.29, 0.717) is 45.7 Å². The molecule has 4 aromatic carbocycles. The second-order valence-corrected chi connectivity index (χ2v) is 12.7. The van der Waals surface area contributed by atoms with Gasteiger partial charge in [-0.1, -0.05) is 36.4 Å². The van der Waals surface area contributed by atoms with E-state index in [4.69, 9.17) is 28.4 Å². The molecule has 6 heteroatoms. The molecule has 0 saturated carbocycles. The fourth-order valence-electron chi connectivity index (χ4n) is 6.01. The lowest BCUT2D eigenvalue weighted by Gasteiger charge is -2.28. The zero-order valence-electron chi connectivity index (χ0n) is 28.6. The molecule has 6 nitrogen and oxygen atoms in total. The van der Waals surface area contributed by atoms with Gasteiger partial charge in [0.05, 0.1) is 26.4 Å². The van der Waals surface area contributed by atoms with Crippen molar-refractivity contribution in [3.8, 4) is 50.6 Å². The van der Waals surface area contributed by atoms with Gasteiger partial charge in [-0.3, -0.25) is 0 Å². The first-order valence-corrected chi connectivity index (χ1v) is 17.0. The van der Waals surface area contributed by atoms with Crippen LogP contribution in [0.2, 0.25) is 0 Å². The van der Waals surface area contributed by atoms with Crippen molar-refractivity contribution in [2.24, 2.45) is 0 Å². The number of benzene rings is 4. The SMILES string of the molecule is C=CCc1cc(-c2cc(-c3ccc(OC(C)COC)c(CC=C)c3)cc(-c3ccc(OC4COC4)c(CC=C)c3)c2)ccc1OCC1CO1. The van der Waals surface area contributed by atoms with Crippen molar-refractivity contribution in [1.82, 2.24) is 0 Å². The van der Waals surface area contributed by atoms with E-state index in [1.165, 1.54) is 0 Å². The van der Waals surface area contributed by atoms with Crippen LogP contribution in [0.3, 0.4) is 0 Å². The second kappa shape index (κ2) is 16.2. The molecule has 0 aromatic heterocycles. The summed E-state index contributed by atoms with van der Waals surface area (Å²) in [5.41, 5.74) is 9.88. The molecule has 2 heterocycles. The average Bonchev–Trinajstić information content (AvgIpc) is 3.92. The molecule has 2 aliphatic rings. The van der Waals surface area contributed by atoms with Gasteiger partial charge in [-0.15, -0.1) is 19.7 Å². The van der Waals surface area contributed by atoms with Crippen LogP contribution in [-0.2, 0) is 33.5 Å². The van der Waals surface area contributed by atoms with Gasteiger partial charge in [0.15, 0.2) is 0 Å². The highest BCUT2D eigenvalue weighted by molar-refractivity contribution is 5.82. The van der Waals surface area contributed by atoms with Gasteiger partial charge in [0.1, 0.15) is 42.2 Å². The lowest BCUT2D eigenvalue weighted by Crippen LogP contribution is -2.38. The first kappa shape index (κ1) is 34.3. The fraction of sp³-hybridized carbons (Fsp3) is 0.302. The van der Waals surface area contributed by atoms with Crippen molar-refractivity contribution in [3.63, 3.8) is 0 Å². The first-order chi connectivity index (χ1) is 24.0. The zero-order chi connectivity index (χ0) is 34.2. The molecular weight excluding hydrogens is 612 g/mol. The molecule has 0 aliphatic carbocycles. The van der Waals surface area contributed by atoms with Crippen LogP contribution in [0.4, 0.5) is 0 Å². The van der Waals surface area contributed by atoms with Crippen LogP contribution >= 0.6 is 0 Å². The smallest absolute Gasteiger partial charge is 0.145 e. The summed E-state index contributed by atoms with van der Waals surface area (Å²) in [5.74, 6) is 2.58. The van der Waals surface area contributed by atoms with Gasteiger partial charge < -0.3 is 28.4 Å². The Morgan fingerprint density at radius 3 is 1.63 bits per heavy atom. The van der Waals surface area contributed by atoms with Gasteiger partial charge in [0, 0.05) is 7.11 Å². The molecule has 0 spiro atoms. The Kier molecular flexibility index (Phi) is 11.3. The van der Waals surface area contributed by atoms with Crippen LogP contribution in [0.1, 0.15) is 23.6 Å². The molecule has 2 atom stereocenters. The minimum Gasteiger partial charge on any atom is -0.490 e. The molecule has 254 valence electrons. The van der Waals surface area contributed by atoms with Crippen molar-refractivity contribution in [2.75, 3.05) is 40.1 Å². The summed E-state index contributed by atoms with van der Waals surface area (Å²) in [7, 11) is 1.69. The van der Waals surface area contributed by atoms with E-state index < -0.39 is 0 Å². The molecule has 0 N–H and O–H groups in total. The Balaban J connectivity index is 1.44. The Hall–Kier alpha value is -4.62. The molecule has 2 fully saturated rings. The van der Waals surface area contributed by atoms with E-state index in [0.717, 1.165) is 73.9 Å². The number of allylic oxidation sites excluding steroid dienone is 3. The summed E-state index contributed by atoms with van der Waals surface area (Å²) < 4.78 is 34.7. The van der Waals surface area contributed by atoms with Crippen LogP contribution in [0.5, 0.6) is 17.2 Å². The topological polar surface area (TPSA) is 58.7 Å². The minimum absolute atomic E-state index is 0.0728. The summed E-state index contributed by atoms with van der Waals surface area (Å²) in [6.45, 7) is 17.1. The molecule has 49 heavy (non-hydrogen) atoms. The van der Waals surface area contributed by atoms with Crippen molar-refractivity contribution in [1.29, 1.82) is 0 Å². The maximum absolute atomic E-state index is 6.26. The van der Waals surface area contributed by atoms with Gasteiger partial charge in [0.2, 0.25) is 0 Å². The third kappa shape index (κ3) is 8.70. The maximum Gasteiger partial charge on any atom is 0.145 e. The molecule has 2 saturated heterocycles. The Morgan fingerprint density at radius 2 is 1.16 bits per heavy atom. The molecule has 0 radical (unpaired) electrons. The second-order valence-electron chi connectivity index (χ2n) is 12.7. The van der Waals surface area contributed by atoms with E-state index in [1.807, 2.05) is 25.2 Å². The van der Waals surface area contributed by atoms with Crippen molar-refractivity contribution >= 4 is 0 Å². The van der Waals surface area contributed by atoms with Crippen molar-refractivity contribution in [2.45, 2.75) is 44.5 Å². The minimum atomic E-state index is -0.0728. The number of rotatable bonds is 18. The molecule has 4 aromatic rings. The number of hydrogen-bond donors (Lipinski definition) is 0. The molecule has 2 aliphatic heterocycles. The molecular formula is C43H46O6. The zero-order valence-corrected chi connectivity index (χ0v) is 28.6. The fourth-order valence-corrected chi connectivity index (χ4v) is 6.01. The van der Waals surface area contributed by atoms with Crippen LogP contribution in [-0.4, -0.2) is 58.5 Å². The number of hydrogen-bond acceptors (Lipinski definition) is 6. The predicted molar refractivity (Wildman–Crippen MR) is 197 cm³/mol. The Bertz CT molecular complexity index is 1780. The highest BCUT2D eigenvalue weighted by Crippen LogP contribution is 2.38. The largest absolute Gasteiger partial charge is 0.490 e. The third-order valence-electron chi connectivity index (χ3n) is 8.66. The van der Waals surface area contributed by atoms with Crippen LogP contribution < -0.4 is 14.2 Å². The van der Waals surface area contributed by atoms with Crippen LogP contribution in [0, 0.1) is 0 Å². The standard InChI is InChI=1S/C43H46O6/c1-6-9-33-18-30(12-15-41(33)47-28-39-27-46-39)36-21-37(31-13-16-42(34(19-31)10-7-2)48-29(4)24-44-5)23-38(22-36)32-14-17-43(35(20-32)11-8-3)49-40-25-45-26-40/h6-8,12-23,29,39-40H,1-3,9-11,24-28H2,4-5H3. The van der Waals surface area contributed by atoms with Crippen molar-refractivity contribution in [3.05, 3.63) is 127 Å². The van der Waals surface area contributed by atoms with Gasteiger partial charge in [-0.05, 0) is 131 Å². The van der Waals surface area contributed by atoms with E-state index in [1.54, 1.807) is 7.11 Å². The predicted octanol–water partition coefficient (Wildman–Crippen LogP) is 8.84. The number of methoxy groups -OCH3 is 1. The average molecular weight is 659 g/mol. The normalized spacial score (nSPS) is 15.9. The Labute approximate surface area is 290 Å². The van der Waals surface area contributed by atoms with E-state index in [-0.39, 0.29) is 18.3 Å². The summed E-state index contributed by atoms with van der Waals surface area (Å²) in [4.78, 5) is 0. The summed E-state index contributed by atoms with van der Waals surface area (Å²) >= 11 is 0. The van der Waals surface area contributed by atoms with E-state index in [9.17, 15) is 0 Å². The van der Waals surface area contributed by atoms with E-state index in [2.05, 4.69) is 92.5 Å². The molecule has 6 rings (SSSR count).